The van der Waals surface area contributed by atoms with Crippen LogP contribution in [0.15, 0.2) is 12.1 Å². The topological polar surface area (TPSA) is 41.5 Å². The first-order valence-electron chi connectivity index (χ1n) is 6.60. The van der Waals surface area contributed by atoms with Crippen molar-refractivity contribution in [1.29, 1.82) is 0 Å². The van der Waals surface area contributed by atoms with E-state index in [9.17, 15) is 0 Å². The highest BCUT2D eigenvalue weighted by Crippen LogP contribution is 2.40. The molecule has 0 aliphatic carbocycles. The van der Waals surface area contributed by atoms with E-state index in [4.69, 9.17) is 33.0 Å². The summed E-state index contributed by atoms with van der Waals surface area (Å²) in [5.74, 6) is 0.740. The number of nitrogens with one attached hydrogen (secondary N) is 1. The summed E-state index contributed by atoms with van der Waals surface area (Å²) in [6.07, 6.45) is 2.64. The highest BCUT2D eigenvalue weighted by Gasteiger charge is 2.25. The van der Waals surface area contributed by atoms with Gasteiger partial charge in [0, 0.05) is 35.7 Å². The number of aliphatic hydroxyl groups excluding tert-OH is 1. The first kappa shape index (κ1) is 14.9. The molecule has 0 spiro atoms. The average Bonchev–Trinajstić information content (AvgIpc) is 2.37. The number of ether oxygens (including phenoxy) is 1. The summed E-state index contributed by atoms with van der Waals surface area (Å²) in [5, 5.41) is 13.6. The summed E-state index contributed by atoms with van der Waals surface area (Å²) in [7, 11) is 0. The number of hydrogen-bond donors (Lipinski definition) is 2. The Balaban J connectivity index is 2.13. The Kier molecular flexibility index (Phi) is 5.34. The number of benzene rings is 1. The molecule has 3 nitrogen and oxygen atoms in total. The Hall–Kier alpha value is -0.480. The van der Waals surface area contributed by atoms with Gasteiger partial charge < -0.3 is 15.2 Å². The van der Waals surface area contributed by atoms with E-state index in [0.29, 0.717) is 22.7 Å². The molecule has 106 valence electrons. The normalized spacial score (nSPS) is 19.7. The maximum Gasteiger partial charge on any atom is 0.142 e. The van der Waals surface area contributed by atoms with Gasteiger partial charge in [-0.25, -0.2) is 0 Å². The lowest BCUT2D eigenvalue weighted by atomic mass is 9.99. The van der Waals surface area contributed by atoms with Gasteiger partial charge in [-0.15, -0.1) is 0 Å². The molecule has 0 amide bonds. The van der Waals surface area contributed by atoms with Crippen molar-refractivity contribution in [3.63, 3.8) is 0 Å². The molecule has 1 aliphatic heterocycles. The van der Waals surface area contributed by atoms with E-state index in [1.165, 1.54) is 0 Å². The van der Waals surface area contributed by atoms with Crippen molar-refractivity contribution >= 4 is 23.2 Å². The molecular weight excluding hydrogens is 285 g/mol. The summed E-state index contributed by atoms with van der Waals surface area (Å²) in [5.41, 5.74) is 1.03. The zero-order chi connectivity index (χ0) is 13.8. The summed E-state index contributed by atoms with van der Waals surface area (Å²) in [6, 6.07) is 4.16. The number of hydrogen-bond acceptors (Lipinski definition) is 3. The average molecular weight is 304 g/mol. The Morgan fingerprint density at radius 3 is 3.00 bits per heavy atom. The van der Waals surface area contributed by atoms with Crippen molar-refractivity contribution in [3.05, 3.63) is 27.7 Å². The van der Waals surface area contributed by atoms with Gasteiger partial charge in [-0.05, 0) is 31.9 Å². The van der Waals surface area contributed by atoms with Crippen molar-refractivity contribution in [2.24, 2.45) is 0 Å². The molecule has 0 radical (unpaired) electrons. The van der Waals surface area contributed by atoms with Gasteiger partial charge in [0.05, 0.1) is 11.6 Å². The van der Waals surface area contributed by atoms with Gasteiger partial charge in [0.15, 0.2) is 0 Å². The molecule has 1 aromatic rings. The Morgan fingerprint density at radius 1 is 1.47 bits per heavy atom. The Morgan fingerprint density at radius 2 is 2.26 bits per heavy atom. The van der Waals surface area contributed by atoms with Crippen LogP contribution < -0.4 is 10.1 Å². The Labute approximate surface area is 123 Å². The number of rotatable bonds is 5. The van der Waals surface area contributed by atoms with Crippen LogP contribution in [0.3, 0.4) is 0 Å². The van der Waals surface area contributed by atoms with Crippen LogP contribution in [0, 0.1) is 0 Å². The predicted molar refractivity (Wildman–Crippen MR) is 78.2 cm³/mol. The lowest BCUT2D eigenvalue weighted by Gasteiger charge is -2.30. The van der Waals surface area contributed by atoms with Crippen molar-refractivity contribution < 1.29 is 9.84 Å². The molecule has 0 fully saturated rings. The van der Waals surface area contributed by atoms with E-state index in [0.717, 1.165) is 30.6 Å². The third kappa shape index (κ3) is 3.76. The largest absolute Gasteiger partial charge is 0.492 e. The van der Waals surface area contributed by atoms with Crippen LogP contribution in [0.5, 0.6) is 5.75 Å². The Bertz CT molecular complexity index is 440. The van der Waals surface area contributed by atoms with Gasteiger partial charge in [0.25, 0.3) is 0 Å². The molecule has 1 aromatic carbocycles. The van der Waals surface area contributed by atoms with Crippen LogP contribution in [-0.2, 0) is 0 Å². The van der Waals surface area contributed by atoms with Gasteiger partial charge >= 0.3 is 0 Å². The predicted octanol–water partition coefficient (Wildman–Crippen LogP) is 3.57. The summed E-state index contributed by atoms with van der Waals surface area (Å²) < 4.78 is 5.63. The van der Waals surface area contributed by atoms with Gasteiger partial charge in [0.1, 0.15) is 5.75 Å². The first-order valence-corrected chi connectivity index (χ1v) is 7.36. The molecule has 0 saturated carbocycles. The highest BCUT2D eigenvalue weighted by atomic mass is 35.5. The molecule has 19 heavy (non-hydrogen) atoms. The fourth-order valence-electron chi connectivity index (χ4n) is 2.42. The standard InChI is InChI=1S/C14H19Cl2NO2/c1-9(3-2-5-18)17-13-4-6-19-14-11(13)7-10(15)8-12(14)16/h7-9,13,17-18H,2-6H2,1H3. The van der Waals surface area contributed by atoms with Crippen LogP contribution in [0.1, 0.15) is 37.8 Å². The molecule has 1 heterocycles. The summed E-state index contributed by atoms with van der Waals surface area (Å²) >= 11 is 12.2. The molecule has 0 aromatic heterocycles. The molecular formula is C14H19Cl2NO2. The molecule has 0 saturated heterocycles. The number of halogens is 2. The van der Waals surface area contributed by atoms with E-state index in [2.05, 4.69) is 12.2 Å². The quantitative estimate of drug-likeness (QED) is 0.874. The fourth-order valence-corrected chi connectivity index (χ4v) is 2.99. The highest BCUT2D eigenvalue weighted by molar-refractivity contribution is 6.35. The lowest BCUT2D eigenvalue weighted by Crippen LogP contribution is -2.34. The van der Waals surface area contributed by atoms with Crippen LogP contribution in [0.4, 0.5) is 0 Å². The van der Waals surface area contributed by atoms with Crippen molar-refractivity contribution in [3.8, 4) is 5.75 Å². The third-order valence-electron chi connectivity index (χ3n) is 3.35. The maximum absolute atomic E-state index is 8.87. The maximum atomic E-state index is 8.87. The van der Waals surface area contributed by atoms with E-state index in [1.807, 2.05) is 6.07 Å². The van der Waals surface area contributed by atoms with Crippen molar-refractivity contribution in [2.75, 3.05) is 13.2 Å². The minimum absolute atomic E-state index is 0.202. The minimum atomic E-state index is 0.202. The third-order valence-corrected chi connectivity index (χ3v) is 3.85. The molecule has 1 aliphatic rings. The van der Waals surface area contributed by atoms with Crippen molar-refractivity contribution in [1.82, 2.24) is 5.32 Å². The number of fused-ring (bicyclic) bond motifs is 1. The van der Waals surface area contributed by atoms with Crippen LogP contribution in [0.25, 0.3) is 0 Å². The zero-order valence-corrected chi connectivity index (χ0v) is 12.5. The first-order chi connectivity index (χ1) is 9.11. The van der Waals surface area contributed by atoms with Crippen LogP contribution in [-0.4, -0.2) is 24.4 Å². The van der Waals surface area contributed by atoms with E-state index in [-0.39, 0.29) is 12.6 Å². The van der Waals surface area contributed by atoms with E-state index >= 15 is 0 Å². The van der Waals surface area contributed by atoms with Crippen molar-refractivity contribution in [2.45, 2.75) is 38.3 Å². The van der Waals surface area contributed by atoms with Gasteiger partial charge in [-0.1, -0.05) is 23.2 Å². The molecule has 0 bridgehead atoms. The second kappa shape index (κ2) is 6.80. The summed E-state index contributed by atoms with van der Waals surface area (Å²) in [4.78, 5) is 0. The second-order valence-electron chi connectivity index (χ2n) is 4.93. The molecule has 2 unspecified atom stereocenters. The van der Waals surface area contributed by atoms with E-state index < -0.39 is 0 Å². The lowest BCUT2D eigenvalue weighted by molar-refractivity contribution is 0.237. The van der Waals surface area contributed by atoms with Crippen LogP contribution in [0.2, 0.25) is 10.0 Å². The molecule has 2 rings (SSSR count). The second-order valence-corrected chi connectivity index (χ2v) is 5.77. The number of aliphatic hydroxyl groups is 1. The monoisotopic (exact) mass is 303 g/mol. The van der Waals surface area contributed by atoms with Crippen LogP contribution >= 0.6 is 23.2 Å². The molecule has 2 N–H and O–H groups in total. The fraction of sp³-hybridized carbons (Fsp3) is 0.571. The minimum Gasteiger partial charge on any atom is -0.492 e. The van der Waals surface area contributed by atoms with E-state index in [1.54, 1.807) is 6.07 Å². The molecule has 5 heteroatoms. The van der Waals surface area contributed by atoms with Gasteiger partial charge in [-0.2, -0.15) is 0 Å². The SMILES string of the molecule is CC(CCCO)NC1CCOc2c(Cl)cc(Cl)cc21. The zero-order valence-electron chi connectivity index (χ0n) is 11.0. The smallest absolute Gasteiger partial charge is 0.142 e. The van der Waals surface area contributed by atoms with Gasteiger partial charge in [-0.3, -0.25) is 0 Å². The summed E-state index contributed by atoms with van der Waals surface area (Å²) in [6.45, 7) is 3.00. The molecule has 2 atom stereocenters. The van der Waals surface area contributed by atoms with Gasteiger partial charge in [0.2, 0.25) is 0 Å².